The van der Waals surface area contributed by atoms with Crippen LogP contribution < -0.4 is 55.5 Å². The van der Waals surface area contributed by atoms with Gasteiger partial charge in [0.2, 0.25) is 0 Å². The Hall–Kier alpha value is -3.08. The van der Waals surface area contributed by atoms with Crippen molar-refractivity contribution in [3.8, 4) is 22.6 Å². The summed E-state index contributed by atoms with van der Waals surface area (Å²) in [6, 6.07) is 19.6. The van der Waals surface area contributed by atoms with Gasteiger partial charge < -0.3 is 28.5 Å². The van der Waals surface area contributed by atoms with Crippen LogP contribution in [0.4, 0.5) is 0 Å². The van der Waals surface area contributed by atoms with Crippen LogP contribution >= 0.6 is 0 Å². The Labute approximate surface area is 254 Å². The summed E-state index contributed by atoms with van der Waals surface area (Å²) in [5, 5.41) is 0. The number of hydrogen-bond donors (Lipinski definition) is 0. The SMILES string of the molecule is Cc1cc(OC[C@@H]2COC(C)(C)O2)ccc1-c1cccc(COc2ccc(Cn3oc(=O)[n-]c3=O)cc2)c1C.[Na+]. The van der Waals surface area contributed by atoms with Crippen LogP contribution in [0.3, 0.4) is 0 Å². The van der Waals surface area contributed by atoms with Crippen molar-refractivity contribution >= 4 is 0 Å². The molecule has 1 atom stereocenters. The Morgan fingerprint density at radius 2 is 1.73 bits per heavy atom. The quantitative estimate of drug-likeness (QED) is 0.285. The largest absolute Gasteiger partial charge is 1.00 e. The number of benzene rings is 3. The Morgan fingerprint density at radius 1 is 0.975 bits per heavy atom. The monoisotopic (exact) mass is 554 g/mol. The summed E-state index contributed by atoms with van der Waals surface area (Å²) in [5.41, 5.74) is 5.69. The third-order valence-corrected chi connectivity index (χ3v) is 6.67. The van der Waals surface area contributed by atoms with Crippen LogP contribution in [-0.4, -0.2) is 29.8 Å². The summed E-state index contributed by atoms with van der Waals surface area (Å²) in [5.74, 6) is 0.0293. The van der Waals surface area contributed by atoms with E-state index in [1.54, 1.807) is 0 Å². The molecule has 204 valence electrons. The zero-order valence-electron chi connectivity index (χ0n) is 23.4. The Morgan fingerprint density at radius 3 is 2.38 bits per heavy atom. The van der Waals surface area contributed by atoms with Crippen LogP contribution in [0.5, 0.6) is 11.5 Å². The van der Waals surface area contributed by atoms with Gasteiger partial charge in [-0.05, 0) is 85.3 Å². The molecule has 0 aliphatic carbocycles. The molecular formula is C30H31N2NaO7. The minimum absolute atomic E-state index is 0. The Bertz CT molecular complexity index is 1570. The van der Waals surface area contributed by atoms with Gasteiger partial charge in [0.25, 0.3) is 0 Å². The molecule has 4 aromatic rings. The van der Waals surface area contributed by atoms with E-state index in [1.807, 2.05) is 56.3 Å². The summed E-state index contributed by atoms with van der Waals surface area (Å²) in [6.45, 7) is 9.47. The molecule has 10 heteroatoms. The van der Waals surface area contributed by atoms with E-state index in [2.05, 4.69) is 37.0 Å². The maximum atomic E-state index is 11.6. The van der Waals surface area contributed by atoms with Gasteiger partial charge in [0.15, 0.2) is 11.5 Å². The van der Waals surface area contributed by atoms with E-state index >= 15 is 0 Å². The fourth-order valence-electron chi connectivity index (χ4n) is 4.60. The van der Waals surface area contributed by atoms with E-state index in [-0.39, 0.29) is 42.2 Å². The number of aromatic nitrogens is 2. The first kappa shape index (κ1) is 29.9. The van der Waals surface area contributed by atoms with E-state index in [0.717, 1.165) is 43.9 Å². The third-order valence-electron chi connectivity index (χ3n) is 6.67. The van der Waals surface area contributed by atoms with Crippen LogP contribution in [0, 0.1) is 13.8 Å². The second-order valence-corrected chi connectivity index (χ2v) is 10.0. The molecule has 40 heavy (non-hydrogen) atoms. The van der Waals surface area contributed by atoms with Gasteiger partial charge in [-0.15, -0.1) is 0 Å². The molecule has 9 nitrogen and oxygen atoms in total. The molecule has 1 fully saturated rings. The predicted molar refractivity (Wildman–Crippen MR) is 144 cm³/mol. The number of aryl methyl sites for hydroxylation is 1. The average Bonchev–Trinajstić information content (AvgIpc) is 3.42. The molecule has 1 aliphatic heterocycles. The fourth-order valence-corrected chi connectivity index (χ4v) is 4.60. The molecule has 0 saturated carbocycles. The van der Waals surface area contributed by atoms with Crippen LogP contribution in [0.2, 0.25) is 0 Å². The van der Waals surface area contributed by atoms with Gasteiger partial charge in [0, 0.05) is 6.54 Å². The average molecular weight is 555 g/mol. The summed E-state index contributed by atoms with van der Waals surface area (Å²) in [7, 11) is 0. The smallest absolute Gasteiger partial charge is 0.491 e. The summed E-state index contributed by atoms with van der Waals surface area (Å²) in [6.07, 6.45) is -0.0833. The van der Waals surface area contributed by atoms with E-state index < -0.39 is 17.2 Å². The molecule has 0 N–H and O–H groups in total. The van der Waals surface area contributed by atoms with Gasteiger partial charge in [-0.3, -0.25) is 9.53 Å². The third kappa shape index (κ3) is 7.16. The first-order valence-corrected chi connectivity index (χ1v) is 12.8. The van der Waals surface area contributed by atoms with Crippen molar-refractivity contribution < 1.29 is 53.0 Å². The minimum Gasteiger partial charge on any atom is -0.491 e. The number of rotatable bonds is 9. The van der Waals surface area contributed by atoms with Crippen LogP contribution in [0.25, 0.3) is 11.1 Å². The molecule has 3 aromatic carbocycles. The van der Waals surface area contributed by atoms with Gasteiger partial charge in [0.05, 0.1) is 6.61 Å². The van der Waals surface area contributed by atoms with Gasteiger partial charge in [0.1, 0.15) is 30.8 Å². The Balaban J connectivity index is 0.00000370. The molecule has 5 rings (SSSR count). The molecule has 0 amide bonds. The van der Waals surface area contributed by atoms with Crippen molar-refractivity contribution in [2.45, 2.75) is 52.7 Å². The summed E-state index contributed by atoms with van der Waals surface area (Å²) in [4.78, 5) is 25.9. The van der Waals surface area contributed by atoms with Gasteiger partial charge >= 0.3 is 35.3 Å². The van der Waals surface area contributed by atoms with E-state index in [1.165, 1.54) is 0 Å². The topological polar surface area (TPSA) is 103 Å². The molecule has 1 aromatic heterocycles. The molecular weight excluding hydrogens is 523 g/mol. The van der Waals surface area contributed by atoms with Crippen molar-refractivity contribution in [3.63, 3.8) is 0 Å². The van der Waals surface area contributed by atoms with Crippen LogP contribution in [-0.2, 0) is 22.6 Å². The van der Waals surface area contributed by atoms with Crippen molar-refractivity contribution in [3.05, 3.63) is 104 Å². The van der Waals surface area contributed by atoms with Crippen LogP contribution in [0.1, 0.15) is 36.1 Å². The standard InChI is InChI=1S/C30H32N2O7.Na/c1-19-14-24(36-17-25-18-37-30(3,4)38-25)12-13-26(19)27-7-5-6-22(20(27)2)16-35-23-10-8-21(9-11-23)15-32-28(33)31-29(34)39-32;/h5-14,25H,15-18H2,1-4H3,(H,31,33,34);/q;+1/p-1/t25-;/m1./s1. The maximum absolute atomic E-state index is 11.6. The molecule has 0 spiro atoms. The second kappa shape index (κ2) is 12.6. The van der Waals surface area contributed by atoms with E-state index in [4.69, 9.17) is 23.5 Å². The zero-order chi connectivity index (χ0) is 27.6. The van der Waals surface area contributed by atoms with Crippen molar-refractivity contribution in [2.24, 2.45) is 0 Å². The first-order valence-electron chi connectivity index (χ1n) is 12.8. The zero-order valence-corrected chi connectivity index (χ0v) is 25.4. The molecule has 2 heterocycles. The van der Waals surface area contributed by atoms with Crippen molar-refractivity contribution in [2.75, 3.05) is 13.2 Å². The van der Waals surface area contributed by atoms with Gasteiger partial charge in [-0.1, -0.05) is 36.4 Å². The summed E-state index contributed by atoms with van der Waals surface area (Å²) < 4.78 is 29.1. The summed E-state index contributed by atoms with van der Waals surface area (Å²) >= 11 is 0. The maximum Gasteiger partial charge on any atom is 1.00 e. The minimum atomic E-state index is -0.897. The van der Waals surface area contributed by atoms with Crippen LogP contribution in [0.15, 0.2) is 74.8 Å². The van der Waals surface area contributed by atoms with Crippen molar-refractivity contribution in [1.29, 1.82) is 0 Å². The van der Waals surface area contributed by atoms with Crippen molar-refractivity contribution in [1.82, 2.24) is 9.72 Å². The fraction of sp³-hybridized carbons (Fsp3) is 0.333. The predicted octanol–water partition coefficient (Wildman–Crippen LogP) is 1.20. The normalized spacial score (nSPS) is 15.9. The molecule has 0 bridgehead atoms. The number of nitrogens with zero attached hydrogens (tertiary/aromatic N) is 2. The van der Waals surface area contributed by atoms with Gasteiger partial charge in [-0.2, -0.15) is 0 Å². The number of ether oxygens (including phenoxy) is 4. The van der Waals surface area contributed by atoms with E-state index in [0.29, 0.717) is 25.6 Å². The Kier molecular flexibility index (Phi) is 9.43. The molecule has 0 radical (unpaired) electrons. The second-order valence-electron chi connectivity index (χ2n) is 10.0. The van der Waals surface area contributed by atoms with Gasteiger partial charge in [-0.25, -0.2) is 4.79 Å². The molecule has 1 aliphatic rings. The number of hydrogen-bond acceptors (Lipinski definition) is 7. The molecule has 1 saturated heterocycles. The van der Waals surface area contributed by atoms with E-state index in [9.17, 15) is 9.59 Å². The molecule has 0 unspecified atom stereocenters. The first-order chi connectivity index (χ1) is 18.7.